The molecule has 8 N–H and O–H groups in total. The summed E-state index contributed by atoms with van der Waals surface area (Å²) in [5.41, 5.74) is 7.87. The maximum atomic E-state index is 13.5. The van der Waals surface area contributed by atoms with Crippen molar-refractivity contribution in [2.45, 2.75) is 76.0 Å². The SMILES string of the molecule is CC(C)(O)O.CCCSc1nc(NCCc2ccc(F)c(P)c2)c(N)c(N(N)C2CCC(OCCO)C2)n1. The summed E-state index contributed by atoms with van der Waals surface area (Å²) in [6, 6.07) is 5.11. The van der Waals surface area contributed by atoms with E-state index in [0.717, 1.165) is 37.0 Å². The number of nitrogens with one attached hydrogen (secondary N) is 1. The zero-order chi connectivity index (χ0) is 28.3. The predicted molar refractivity (Wildman–Crippen MR) is 155 cm³/mol. The second-order valence-electron chi connectivity index (χ2n) is 9.56. The summed E-state index contributed by atoms with van der Waals surface area (Å²) in [7, 11) is 2.41. The minimum absolute atomic E-state index is 0.00966. The first-order valence-electron chi connectivity index (χ1n) is 12.7. The van der Waals surface area contributed by atoms with Crippen LogP contribution in [0.5, 0.6) is 0 Å². The average Bonchev–Trinajstić information content (AvgIpc) is 3.32. The quantitative estimate of drug-likeness (QED) is 0.0552. The van der Waals surface area contributed by atoms with Crippen LogP contribution in [0.3, 0.4) is 0 Å². The summed E-state index contributed by atoms with van der Waals surface area (Å²) in [5.74, 6) is 6.70. The second kappa shape index (κ2) is 15.7. The van der Waals surface area contributed by atoms with E-state index in [1.54, 1.807) is 22.8 Å². The van der Waals surface area contributed by atoms with E-state index in [0.29, 0.717) is 47.4 Å². The van der Waals surface area contributed by atoms with E-state index >= 15 is 0 Å². The standard InChI is InChI=1S/C22H34FN6O2PS.C3H8O2/c1-2-11-33-22-27-20(26-8-7-14-3-6-17(23)18(32)12-14)19(24)21(28-22)29(25)15-4-5-16(13-15)31-10-9-30;1-3(2,4)5/h3,6,12,15-16,30H,2,4-5,7-11,13,24-25,32H2,1H3,(H,26,27,28);4-5H,1-2H3. The zero-order valence-corrected chi connectivity index (χ0v) is 24.3. The van der Waals surface area contributed by atoms with Crippen LogP contribution in [0.15, 0.2) is 23.4 Å². The fourth-order valence-electron chi connectivity index (χ4n) is 3.81. The molecule has 0 amide bonds. The Morgan fingerprint density at radius 2 is 2.00 bits per heavy atom. The highest BCUT2D eigenvalue weighted by Gasteiger charge is 2.31. The minimum atomic E-state index is -1.50. The molecule has 1 fully saturated rings. The van der Waals surface area contributed by atoms with Gasteiger partial charge in [-0.25, -0.2) is 20.2 Å². The predicted octanol–water partition coefficient (Wildman–Crippen LogP) is 2.17. The summed E-state index contributed by atoms with van der Waals surface area (Å²) in [4.78, 5) is 9.27. The van der Waals surface area contributed by atoms with Gasteiger partial charge in [0.2, 0.25) is 0 Å². The first-order valence-corrected chi connectivity index (χ1v) is 14.3. The Kier molecular flexibility index (Phi) is 13.4. The average molecular weight is 573 g/mol. The molecule has 0 spiro atoms. The van der Waals surface area contributed by atoms with Gasteiger partial charge in [-0.3, -0.25) is 5.01 Å². The summed E-state index contributed by atoms with van der Waals surface area (Å²) in [5, 5.41) is 31.3. The van der Waals surface area contributed by atoms with Crippen molar-refractivity contribution in [1.82, 2.24) is 9.97 Å². The van der Waals surface area contributed by atoms with Gasteiger partial charge >= 0.3 is 0 Å². The summed E-state index contributed by atoms with van der Waals surface area (Å²) in [6.07, 6.45) is 4.25. The Balaban J connectivity index is 0.000000926. The maximum absolute atomic E-state index is 13.5. The highest BCUT2D eigenvalue weighted by atomic mass is 32.2. The molecule has 0 bridgehead atoms. The van der Waals surface area contributed by atoms with E-state index in [4.69, 9.17) is 31.6 Å². The van der Waals surface area contributed by atoms with Crippen molar-refractivity contribution in [2.24, 2.45) is 5.84 Å². The second-order valence-corrected chi connectivity index (χ2v) is 11.2. The smallest absolute Gasteiger partial charge is 0.191 e. The van der Waals surface area contributed by atoms with Gasteiger partial charge < -0.3 is 31.1 Å². The number of halogens is 1. The van der Waals surface area contributed by atoms with Crippen LogP contribution in [-0.2, 0) is 11.2 Å². The summed E-state index contributed by atoms with van der Waals surface area (Å²) in [6.45, 7) is 5.62. The van der Waals surface area contributed by atoms with Gasteiger partial charge in [-0.05, 0) is 63.6 Å². The third kappa shape index (κ3) is 11.1. The van der Waals surface area contributed by atoms with Gasteiger partial charge in [0.05, 0.1) is 19.3 Å². The van der Waals surface area contributed by atoms with Gasteiger partial charge in [0.25, 0.3) is 0 Å². The first-order chi connectivity index (χ1) is 17.9. The van der Waals surface area contributed by atoms with Crippen molar-refractivity contribution >= 4 is 43.6 Å². The molecule has 1 heterocycles. The van der Waals surface area contributed by atoms with E-state index < -0.39 is 5.79 Å². The Hall–Kier alpha value is -1.79. The number of aliphatic hydroxyl groups is 3. The molecule has 3 atom stereocenters. The number of aliphatic hydroxyl groups excluding tert-OH is 1. The third-order valence-corrected chi connectivity index (χ3v) is 7.04. The fourth-order valence-corrected chi connectivity index (χ4v) is 4.82. The van der Waals surface area contributed by atoms with Gasteiger partial charge in [-0.2, -0.15) is 0 Å². The monoisotopic (exact) mass is 572 g/mol. The molecule has 38 heavy (non-hydrogen) atoms. The molecular formula is C25H42FN6O4PS. The van der Waals surface area contributed by atoms with Crippen molar-refractivity contribution in [3.05, 3.63) is 29.6 Å². The summed E-state index contributed by atoms with van der Waals surface area (Å²) < 4.78 is 19.2. The molecule has 3 unspecified atom stereocenters. The number of ether oxygens (including phenoxy) is 1. The first kappa shape index (κ1) is 32.4. The molecule has 1 aliphatic carbocycles. The number of thioether (sulfide) groups is 1. The lowest BCUT2D eigenvalue weighted by Gasteiger charge is -2.27. The zero-order valence-electron chi connectivity index (χ0n) is 22.4. The van der Waals surface area contributed by atoms with Crippen molar-refractivity contribution in [1.29, 1.82) is 0 Å². The lowest BCUT2D eigenvalue weighted by molar-refractivity contribution is -0.127. The molecular weight excluding hydrogens is 530 g/mol. The Labute approximate surface area is 230 Å². The Bertz CT molecular complexity index is 1010. The lowest BCUT2D eigenvalue weighted by Crippen LogP contribution is -2.41. The van der Waals surface area contributed by atoms with E-state index in [2.05, 4.69) is 31.4 Å². The number of hydrogen-bond donors (Lipinski definition) is 6. The van der Waals surface area contributed by atoms with Crippen LogP contribution in [0, 0.1) is 5.82 Å². The van der Waals surface area contributed by atoms with Crippen LogP contribution in [0.2, 0.25) is 0 Å². The number of anilines is 3. The molecule has 0 aliphatic heterocycles. The number of rotatable bonds is 12. The van der Waals surface area contributed by atoms with E-state index in [9.17, 15) is 4.39 Å². The van der Waals surface area contributed by atoms with Crippen molar-refractivity contribution in [3.8, 4) is 0 Å². The van der Waals surface area contributed by atoms with Crippen LogP contribution < -0.4 is 27.2 Å². The van der Waals surface area contributed by atoms with E-state index in [1.807, 2.05) is 6.07 Å². The van der Waals surface area contributed by atoms with Crippen LogP contribution in [-0.4, -0.2) is 68.7 Å². The van der Waals surface area contributed by atoms with E-state index in [1.165, 1.54) is 19.9 Å². The van der Waals surface area contributed by atoms with Crippen molar-refractivity contribution < 1.29 is 24.4 Å². The number of nitrogen functional groups attached to an aromatic ring is 1. The lowest BCUT2D eigenvalue weighted by atomic mass is 10.1. The Morgan fingerprint density at radius 1 is 1.29 bits per heavy atom. The van der Waals surface area contributed by atoms with Gasteiger partial charge in [0.15, 0.2) is 22.6 Å². The number of benzene rings is 1. The van der Waals surface area contributed by atoms with Crippen LogP contribution >= 0.6 is 21.0 Å². The number of nitrogens with two attached hydrogens (primary N) is 2. The van der Waals surface area contributed by atoms with Crippen LogP contribution in [0.25, 0.3) is 0 Å². The van der Waals surface area contributed by atoms with Crippen molar-refractivity contribution in [3.63, 3.8) is 0 Å². The third-order valence-electron chi connectivity index (χ3n) is 5.55. The molecule has 3 rings (SSSR count). The minimum Gasteiger partial charge on any atom is -0.394 e. The van der Waals surface area contributed by atoms with E-state index in [-0.39, 0.29) is 24.6 Å². The normalized spacial score (nSPS) is 17.2. The fraction of sp³-hybridized carbons (Fsp3) is 0.600. The number of nitrogens with zero attached hydrogens (tertiary/aromatic N) is 3. The van der Waals surface area contributed by atoms with Gasteiger partial charge in [-0.15, -0.1) is 9.24 Å². The summed E-state index contributed by atoms with van der Waals surface area (Å²) >= 11 is 1.57. The maximum Gasteiger partial charge on any atom is 0.191 e. The van der Waals surface area contributed by atoms with Gasteiger partial charge in [-0.1, -0.05) is 24.8 Å². The van der Waals surface area contributed by atoms with Crippen LogP contribution in [0.1, 0.15) is 52.0 Å². The molecule has 1 saturated carbocycles. The topological polar surface area (TPSA) is 163 Å². The molecule has 10 nitrogen and oxygen atoms in total. The largest absolute Gasteiger partial charge is 0.394 e. The number of hydrogen-bond acceptors (Lipinski definition) is 11. The molecule has 1 aromatic heterocycles. The molecule has 0 radical (unpaired) electrons. The van der Waals surface area contributed by atoms with Gasteiger partial charge in [0.1, 0.15) is 11.5 Å². The molecule has 1 aromatic carbocycles. The highest BCUT2D eigenvalue weighted by Crippen LogP contribution is 2.34. The molecule has 214 valence electrons. The Morgan fingerprint density at radius 3 is 2.63 bits per heavy atom. The van der Waals surface area contributed by atoms with Crippen LogP contribution in [0.4, 0.5) is 21.7 Å². The molecule has 0 saturated heterocycles. The number of aromatic nitrogens is 2. The van der Waals surface area contributed by atoms with Crippen molar-refractivity contribution in [2.75, 3.05) is 41.6 Å². The molecule has 13 heteroatoms. The van der Waals surface area contributed by atoms with Gasteiger partial charge in [0, 0.05) is 23.6 Å². The molecule has 2 aromatic rings. The highest BCUT2D eigenvalue weighted by molar-refractivity contribution is 7.99. The molecule has 1 aliphatic rings. The number of hydrazine groups is 1.